The van der Waals surface area contributed by atoms with Crippen LogP contribution in [-0.4, -0.2) is 16.2 Å². The lowest BCUT2D eigenvalue weighted by atomic mass is 9.96. The Labute approximate surface area is 198 Å². The van der Waals surface area contributed by atoms with E-state index < -0.39 is 0 Å². The molecule has 0 atom stereocenters. The van der Waals surface area contributed by atoms with Crippen LogP contribution in [0.25, 0.3) is 27.8 Å². The topological polar surface area (TPSA) is 81.7 Å². The first-order chi connectivity index (χ1) is 16.7. The Morgan fingerprint density at radius 1 is 0.647 bits per heavy atom. The third-order valence-electron chi connectivity index (χ3n) is 5.73. The van der Waals surface area contributed by atoms with Gasteiger partial charge in [-0.3, -0.25) is 0 Å². The second-order valence-electron chi connectivity index (χ2n) is 8.01. The summed E-state index contributed by atoms with van der Waals surface area (Å²) in [4.78, 5) is 0. The van der Waals surface area contributed by atoms with Crippen molar-refractivity contribution in [1.29, 1.82) is 0 Å². The summed E-state index contributed by atoms with van der Waals surface area (Å²) >= 11 is 0. The lowest BCUT2D eigenvalue weighted by Gasteiger charge is -2.14. The van der Waals surface area contributed by atoms with Crippen molar-refractivity contribution in [2.45, 2.75) is 6.42 Å². The van der Waals surface area contributed by atoms with Gasteiger partial charge in [0.15, 0.2) is 0 Å². The Balaban J connectivity index is 1.87. The van der Waals surface area contributed by atoms with Crippen LogP contribution >= 0.6 is 0 Å². The molecular weight excluding hydrogens is 418 g/mol. The van der Waals surface area contributed by atoms with Gasteiger partial charge in [0, 0.05) is 23.1 Å². The molecular formula is C29H25N5. The number of fused-ring (bicyclic) bond motifs is 1. The van der Waals surface area contributed by atoms with Crippen molar-refractivity contribution in [3.63, 3.8) is 0 Å². The van der Waals surface area contributed by atoms with Gasteiger partial charge in [0.25, 0.3) is 0 Å². The van der Waals surface area contributed by atoms with E-state index in [1.807, 2.05) is 30.3 Å². The molecule has 0 spiro atoms. The molecule has 1 heterocycles. The fraction of sp³-hybridized carbons (Fsp3) is 0.0345. The first kappa shape index (κ1) is 21.2. The Kier molecular flexibility index (Phi) is 5.91. The summed E-state index contributed by atoms with van der Waals surface area (Å²) in [6, 6.07) is 39.4. The summed E-state index contributed by atoms with van der Waals surface area (Å²) in [6.07, 6.45) is 0.584. The quantitative estimate of drug-likeness (QED) is 0.206. The fourth-order valence-electron chi connectivity index (χ4n) is 4.33. The molecule has 0 amide bonds. The van der Waals surface area contributed by atoms with Gasteiger partial charge in [0.1, 0.15) is 0 Å². The second kappa shape index (κ2) is 9.46. The van der Waals surface area contributed by atoms with Gasteiger partial charge in [0.2, 0.25) is 5.96 Å². The SMILES string of the molecule is NC(N)=NN=C(Cc1ccccc1)c1c(-c2ccccc2)n(-c2ccccc2)c2ccccc12. The van der Waals surface area contributed by atoms with Crippen LogP contribution in [0.2, 0.25) is 0 Å². The minimum atomic E-state index is -0.0707. The number of rotatable bonds is 6. The van der Waals surface area contributed by atoms with Crippen molar-refractivity contribution in [3.05, 3.63) is 126 Å². The molecule has 5 heteroatoms. The zero-order valence-electron chi connectivity index (χ0n) is 18.7. The first-order valence-corrected chi connectivity index (χ1v) is 11.2. The minimum Gasteiger partial charge on any atom is -0.369 e. The fourth-order valence-corrected chi connectivity index (χ4v) is 4.33. The van der Waals surface area contributed by atoms with Crippen LogP contribution in [0.15, 0.2) is 125 Å². The van der Waals surface area contributed by atoms with Crippen molar-refractivity contribution in [1.82, 2.24) is 4.57 Å². The van der Waals surface area contributed by atoms with Gasteiger partial charge in [-0.25, -0.2) is 0 Å². The number of hydrogen-bond donors (Lipinski definition) is 2. The van der Waals surface area contributed by atoms with Crippen molar-refractivity contribution in [2.24, 2.45) is 21.7 Å². The van der Waals surface area contributed by atoms with Crippen LogP contribution in [0.3, 0.4) is 0 Å². The van der Waals surface area contributed by atoms with Crippen LogP contribution in [0.1, 0.15) is 11.1 Å². The van der Waals surface area contributed by atoms with Crippen molar-refractivity contribution < 1.29 is 0 Å². The van der Waals surface area contributed by atoms with Crippen LogP contribution < -0.4 is 11.5 Å². The number of nitrogens with two attached hydrogens (primary N) is 2. The van der Waals surface area contributed by atoms with E-state index >= 15 is 0 Å². The molecule has 0 bridgehead atoms. The molecule has 0 saturated carbocycles. The number of benzene rings is 4. The highest BCUT2D eigenvalue weighted by Gasteiger charge is 2.23. The molecule has 5 rings (SSSR count). The van der Waals surface area contributed by atoms with Gasteiger partial charge < -0.3 is 16.0 Å². The highest BCUT2D eigenvalue weighted by atomic mass is 15.3. The summed E-state index contributed by atoms with van der Waals surface area (Å²) < 4.78 is 2.29. The molecule has 0 aliphatic rings. The molecule has 4 N–H and O–H groups in total. The average molecular weight is 444 g/mol. The first-order valence-electron chi connectivity index (χ1n) is 11.2. The van der Waals surface area contributed by atoms with E-state index in [9.17, 15) is 0 Å². The van der Waals surface area contributed by atoms with Gasteiger partial charge in [0.05, 0.1) is 16.9 Å². The molecule has 4 aromatic carbocycles. The molecule has 0 aliphatic heterocycles. The maximum atomic E-state index is 5.69. The molecule has 0 unspecified atom stereocenters. The molecule has 166 valence electrons. The van der Waals surface area contributed by atoms with E-state index in [0.717, 1.165) is 44.7 Å². The molecule has 0 saturated heterocycles. The second-order valence-corrected chi connectivity index (χ2v) is 8.01. The zero-order valence-corrected chi connectivity index (χ0v) is 18.7. The van der Waals surface area contributed by atoms with Gasteiger partial charge in [-0.15, -0.1) is 5.10 Å². The van der Waals surface area contributed by atoms with Crippen LogP contribution in [0.4, 0.5) is 0 Å². The average Bonchev–Trinajstić information content (AvgIpc) is 3.23. The normalized spacial score (nSPS) is 11.5. The third kappa shape index (κ3) is 4.19. The van der Waals surface area contributed by atoms with Crippen molar-refractivity contribution in [2.75, 3.05) is 0 Å². The van der Waals surface area contributed by atoms with Gasteiger partial charge >= 0.3 is 0 Å². The van der Waals surface area contributed by atoms with E-state index in [4.69, 9.17) is 11.5 Å². The van der Waals surface area contributed by atoms with E-state index in [1.165, 1.54) is 0 Å². The standard InChI is InChI=1S/C29H25N5/c30-29(31)33-32-25(20-21-12-4-1-5-13-21)27-24-18-10-11-19-26(24)34(23-16-8-3-9-17-23)28(27)22-14-6-2-7-15-22/h1-19H,20H2,(H4,30,31,33). The highest BCUT2D eigenvalue weighted by molar-refractivity contribution is 6.17. The number of hydrogen-bond acceptors (Lipinski definition) is 2. The van der Waals surface area contributed by atoms with E-state index in [0.29, 0.717) is 6.42 Å². The third-order valence-corrected chi connectivity index (χ3v) is 5.73. The van der Waals surface area contributed by atoms with Crippen LogP contribution in [0, 0.1) is 0 Å². The summed E-state index contributed by atoms with van der Waals surface area (Å²) in [5.74, 6) is -0.0707. The summed E-state index contributed by atoms with van der Waals surface area (Å²) in [5, 5.41) is 9.73. The monoisotopic (exact) mass is 443 g/mol. The molecule has 5 nitrogen and oxygen atoms in total. The lowest BCUT2D eigenvalue weighted by Crippen LogP contribution is -2.22. The van der Waals surface area contributed by atoms with Crippen LogP contribution in [0.5, 0.6) is 0 Å². The largest absolute Gasteiger partial charge is 0.369 e. The molecule has 0 aliphatic carbocycles. The Bertz CT molecular complexity index is 1460. The molecule has 34 heavy (non-hydrogen) atoms. The summed E-state index contributed by atoms with van der Waals surface area (Å²) in [7, 11) is 0. The van der Waals surface area contributed by atoms with Gasteiger partial charge in [-0.1, -0.05) is 97.1 Å². The Morgan fingerprint density at radius 3 is 1.91 bits per heavy atom. The van der Waals surface area contributed by atoms with E-state index in [1.54, 1.807) is 0 Å². The lowest BCUT2D eigenvalue weighted by molar-refractivity contribution is 1.12. The maximum Gasteiger partial charge on any atom is 0.211 e. The van der Waals surface area contributed by atoms with Crippen LogP contribution in [-0.2, 0) is 6.42 Å². The molecule has 5 aromatic rings. The number of aromatic nitrogens is 1. The zero-order chi connectivity index (χ0) is 23.3. The summed E-state index contributed by atoms with van der Waals surface area (Å²) in [6.45, 7) is 0. The smallest absolute Gasteiger partial charge is 0.211 e. The number of nitrogens with zero attached hydrogens (tertiary/aromatic N) is 3. The number of para-hydroxylation sites is 2. The van der Waals surface area contributed by atoms with E-state index in [-0.39, 0.29) is 5.96 Å². The number of guanidine groups is 1. The maximum absolute atomic E-state index is 5.69. The molecule has 0 radical (unpaired) electrons. The minimum absolute atomic E-state index is 0.0707. The molecule has 1 aromatic heterocycles. The Hall–Kier alpha value is -4.64. The van der Waals surface area contributed by atoms with Gasteiger partial charge in [-0.05, 0) is 29.3 Å². The van der Waals surface area contributed by atoms with Crippen molar-refractivity contribution >= 4 is 22.6 Å². The molecule has 0 fully saturated rings. The predicted octanol–water partition coefficient (Wildman–Crippen LogP) is 5.52. The Morgan fingerprint density at radius 2 is 1.24 bits per heavy atom. The predicted molar refractivity (Wildman–Crippen MR) is 141 cm³/mol. The van der Waals surface area contributed by atoms with E-state index in [2.05, 4.69) is 99.7 Å². The summed E-state index contributed by atoms with van der Waals surface area (Å²) in [5.41, 5.74) is 18.6. The van der Waals surface area contributed by atoms with Gasteiger partial charge in [-0.2, -0.15) is 5.10 Å². The highest BCUT2D eigenvalue weighted by Crippen LogP contribution is 2.37. The van der Waals surface area contributed by atoms with Crippen molar-refractivity contribution in [3.8, 4) is 16.9 Å².